The average Bonchev–Trinajstić information content (AvgIpc) is 3.03. The predicted octanol–water partition coefficient (Wildman–Crippen LogP) is 3.23. The molecule has 1 aliphatic rings. The van der Waals surface area contributed by atoms with Crippen LogP contribution in [-0.4, -0.2) is 24.3 Å². The summed E-state index contributed by atoms with van der Waals surface area (Å²) in [7, 11) is 1.66. The standard InChI is InChI=1S/C19H22FNO2/c1-23-17-8-5-13(6-9-17)11-16-7-10-18(21-16)19(22)14-3-2-4-15(20)12-14/h2-6,8-9,12,16,18-19,21-22H,7,10-11H2,1H3/t16-,18+,19-/m0/s1. The Morgan fingerprint density at radius 3 is 2.70 bits per heavy atom. The lowest BCUT2D eigenvalue weighted by atomic mass is 10.0. The Labute approximate surface area is 136 Å². The molecule has 2 aromatic carbocycles. The Kier molecular flexibility index (Phi) is 4.94. The lowest BCUT2D eigenvalue weighted by molar-refractivity contribution is 0.135. The number of rotatable bonds is 5. The van der Waals surface area contributed by atoms with Crippen LogP contribution in [0.25, 0.3) is 0 Å². The molecule has 23 heavy (non-hydrogen) atoms. The van der Waals surface area contributed by atoms with Gasteiger partial charge < -0.3 is 15.2 Å². The van der Waals surface area contributed by atoms with Crippen LogP contribution in [0.4, 0.5) is 4.39 Å². The summed E-state index contributed by atoms with van der Waals surface area (Å²) in [4.78, 5) is 0. The van der Waals surface area contributed by atoms with E-state index in [4.69, 9.17) is 4.74 Å². The van der Waals surface area contributed by atoms with Gasteiger partial charge in [0.15, 0.2) is 0 Å². The molecule has 1 saturated heterocycles. The maximum Gasteiger partial charge on any atom is 0.123 e. The van der Waals surface area contributed by atoms with Gasteiger partial charge in [0.05, 0.1) is 13.2 Å². The van der Waals surface area contributed by atoms with Crippen molar-refractivity contribution in [1.29, 1.82) is 0 Å². The van der Waals surface area contributed by atoms with Crippen LogP contribution in [0, 0.1) is 5.82 Å². The number of halogens is 1. The smallest absolute Gasteiger partial charge is 0.123 e. The Bertz CT molecular complexity index is 644. The van der Waals surface area contributed by atoms with E-state index >= 15 is 0 Å². The van der Waals surface area contributed by atoms with E-state index in [0.29, 0.717) is 11.6 Å². The van der Waals surface area contributed by atoms with E-state index in [1.54, 1.807) is 19.2 Å². The Morgan fingerprint density at radius 1 is 1.22 bits per heavy atom. The van der Waals surface area contributed by atoms with Crippen molar-refractivity contribution in [3.63, 3.8) is 0 Å². The van der Waals surface area contributed by atoms with Gasteiger partial charge in [-0.2, -0.15) is 0 Å². The van der Waals surface area contributed by atoms with Crippen LogP contribution < -0.4 is 10.1 Å². The number of hydrogen-bond acceptors (Lipinski definition) is 3. The van der Waals surface area contributed by atoms with Crippen LogP contribution in [0.15, 0.2) is 48.5 Å². The zero-order valence-corrected chi connectivity index (χ0v) is 13.2. The molecule has 3 atom stereocenters. The lowest BCUT2D eigenvalue weighted by Gasteiger charge is -2.20. The summed E-state index contributed by atoms with van der Waals surface area (Å²) in [6.45, 7) is 0. The minimum Gasteiger partial charge on any atom is -0.497 e. The monoisotopic (exact) mass is 315 g/mol. The molecular formula is C19H22FNO2. The van der Waals surface area contributed by atoms with Gasteiger partial charge >= 0.3 is 0 Å². The summed E-state index contributed by atoms with van der Waals surface area (Å²) in [6, 6.07) is 14.6. The summed E-state index contributed by atoms with van der Waals surface area (Å²) in [5.41, 5.74) is 1.87. The molecule has 0 radical (unpaired) electrons. The van der Waals surface area contributed by atoms with E-state index in [-0.39, 0.29) is 11.9 Å². The topological polar surface area (TPSA) is 41.5 Å². The first-order valence-corrected chi connectivity index (χ1v) is 7.98. The maximum absolute atomic E-state index is 13.3. The average molecular weight is 315 g/mol. The largest absolute Gasteiger partial charge is 0.497 e. The first-order chi connectivity index (χ1) is 11.2. The lowest BCUT2D eigenvalue weighted by Crippen LogP contribution is -2.35. The fourth-order valence-electron chi connectivity index (χ4n) is 3.23. The summed E-state index contributed by atoms with van der Waals surface area (Å²) < 4.78 is 18.5. The van der Waals surface area contributed by atoms with Gasteiger partial charge in [0, 0.05) is 12.1 Å². The highest BCUT2D eigenvalue weighted by atomic mass is 19.1. The van der Waals surface area contributed by atoms with Crippen molar-refractivity contribution in [1.82, 2.24) is 5.32 Å². The molecule has 0 amide bonds. The van der Waals surface area contributed by atoms with Crippen molar-refractivity contribution in [3.8, 4) is 5.75 Å². The molecule has 3 rings (SSSR count). The fourth-order valence-corrected chi connectivity index (χ4v) is 3.23. The number of nitrogens with one attached hydrogen (secondary N) is 1. The van der Waals surface area contributed by atoms with E-state index in [0.717, 1.165) is 25.0 Å². The molecule has 1 fully saturated rings. The fraction of sp³-hybridized carbons (Fsp3) is 0.368. The van der Waals surface area contributed by atoms with Crippen LogP contribution in [0.1, 0.15) is 30.1 Å². The molecule has 0 spiro atoms. The summed E-state index contributed by atoms with van der Waals surface area (Å²) in [6.07, 6.45) is 2.13. The molecule has 0 aromatic heterocycles. The molecule has 3 nitrogen and oxygen atoms in total. The number of aliphatic hydroxyl groups excluding tert-OH is 1. The Hall–Kier alpha value is -1.91. The van der Waals surface area contributed by atoms with Crippen molar-refractivity contribution in [2.45, 2.75) is 37.5 Å². The van der Waals surface area contributed by atoms with Crippen molar-refractivity contribution >= 4 is 0 Å². The van der Waals surface area contributed by atoms with E-state index in [1.165, 1.54) is 17.7 Å². The number of benzene rings is 2. The van der Waals surface area contributed by atoms with Gasteiger partial charge in [-0.15, -0.1) is 0 Å². The van der Waals surface area contributed by atoms with Gasteiger partial charge in [-0.3, -0.25) is 0 Å². The normalized spacial score (nSPS) is 22.0. The van der Waals surface area contributed by atoms with E-state index in [1.807, 2.05) is 12.1 Å². The zero-order valence-electron chi connectivity index (χ0n) is 13.2. The number of hydrogen-bond donors (Lipinski definition) is 2. The molecular weight excluding hydrogens is 293 g/mol. The van der Waals surface area contributed by atoms with E-state index in [2.05, 4.69) is 17.4 Å². The van der Waals surface area contributed by atoms with E-state index < -0.39 is 6.10 Å². The minimum atomic E-state index is -0.674. The molecule has 2 aromatic rings. The zero-order chi connectivity index (χ0) is 16.2. The predicted molar refractivity (Wildman–Crippen MR) is 88.0 cm³/mol. The second-order valence-electron chi connectivity index (χ2n) is 6.10. The SMILES string of the molecule is COc1ccc(C[C@@H]2CC[C@H]([C@@H](O)c3cccc(F)c3)N2)cc1. The van der Waals surface area contributed by atoms with Crippen molar-refractivity contribution in [3.05, 3.63) is 65.5 Å². The third-order valence-corrected chi connectivity index (χ3v) is 4.49. The van der Waals surface area contributed by atoms with Gasteiger partial charge in [0.25, 0.3) is 0 Å². The van der Waals surface area contributed by atoms with Crippen LogP contribution in [0.5, 0.6) is 5.75 Å². The summed E-state index contributed by atoms with van der Waals surface area (Å²) in [5, 5.41) is 13.9. The first kappa shape index (κ1) is 16.0. The molecule has 1 heterocycles. The Morgan fingerprint density at radius 2 is 2.00 bits per heavy atom. The molecule has 0 bridgehead atoms. The quantitative estimate of drug-likeness (QED) is 0.890. The van der Waals surface area contributed by atoms with Gasteiger partial charge in [-0.1, -0.05) is 24.3 Å². The second-order valence-corrected chi connectivity index (χ2v) is 6.10. The molecule has 0 saturated carbocycles. The highest BCUT2D eigenvalue weighted by Crippen LogP contribution is 2.27. The molecule has 4 heteroatoms. The number of ether oxygens (including phenoxy) is 1. The minimum absolute atomic E-state index is 0.0277. The molecule has 0 aliphatic carbocycles. The first-order valence-electron chi connectivity index (χ1n) is 7.98. The number of methoxy groups -OCH3 is 1. The Balaban J connectivity index is 1.59. The molecule has 122 valence electrons. The summed E-state index contributed by atoms with van der Waals surface area (Å²) in [5.74, 6) is 0.543. The van der Waals surface area contributed by atoms with Crippen molar-refractivity contribution in [2.75, 3.05) is 7.11 Å². The number of aliphatic hydroxyl groups is 1. The molecule has 1 aliphatic heterocycles. The van der Waals surface area contributed by atoms with E-state index in [9.17, 15) is 9.50 Å². The van der Waals surface area contributed by atoms with Gasteiger partial charge in [-0.25, -0.2) is 4.39 Å². The molecule has 2 N–H and O–H groups in total. The van der Waals surface area contributed by atoms with Crippen LogP contribution in [0.2, 0.25) is 0 Å². The van der Waals surface area contributed by atoms with Crippen molar-refractivity contribution < 1.29 is 14.2 Å². The highest BCUT2D eigenvalue weighted by Gasteiger charge is 2.30. The highest BCUT2D eigenvalue weighted by molar-refractivity contribution is 5.28. The van der Waals surface area contributed by atoms with Crippen LogP contribution >= 0.6 is 0 Å². The van der Waals surface area contributed by atoms with Crippen LogP contribution in [0.3, 0.4) is 0 Å². The molecule has 0 unspecified atom stereocenters. The second kappa shape index (κ2) is 7.11. The third-order valence-electron chi connectivity index (χ3n) is 4.49. The summed E-state index contributed by atoms with van der Waals surface area (Å²) >= 11 is 0. The van der Waals surface area contributed by atoms with Crippen molar-refractivity contribution in [2.24, 2.45) is 0 Å². The van der Waals surface area contributed by atoms with Gasteiger partial charge in [-0.05, 0) is 54.7 Å². The van der Waals surface area contributed by atoms with Crippen LogP contribution in [-0.2, 0) is 6.42 Å². The third kappa shape index (κ3) is 3.89. The maximum atomic E-state index is 13.3. The van der Waals surface area contributed by atoms with Gasteiger partial charge in [0.1, 0.15) is 11.6 Å². The van der Waals surface area contributed by atoms with Gasteiger partial charge in [0.2, 0.25) is 0 Å².